The molecule has 1 N–H and O–H groups in total. The number of hydrogen-bond donors (Lipinski definition) is 1. The molecule has 228 valence electrons. The van der Waals surface area contributed by atoms with Crippen molar-refractivity contribution in [3.8, 4) is 5.75 Å². The number of benzene rings is 2. The van der Waals surface area contributed by atoms with Crippen LogP contribution in [0.4, 0.5) is 30.4 Å². The standard InChI is InChI=1S/C30H33F3N6O4/c1-37-9-11-38(12-10-37)21-8-7-20(25(18-21)42-2)17-26-34-19-23(30(31,32)33)28(36-26)35-24-6-4-3-5-22(24)27(40)29(41)39-13-15-43-16-14-39/h3-8,18-19H,9-17H2,1-2H3,(H,34,35,36). The van der Waals surface area contributed by atoms with Crippen LogP contribution in [0, 0.1) is 0 Å². The minimum Gasteiger partial charge on any atom is -0.496 e. The second-order valence-corrected chi connectivity index (χ2v) is 10.4. The molecule has 0 aliphatic carbocycles. The number of ether oxygens (including phenoxy) is 2. The van der Waals surface area contributed by atoms with Crippen molar-refractivity contribution in [2.75, 3.05) is 76.9 Å². The molecule has 2 aliphatic heterocycles. The smallest absolute Gasteiger partial charge is 0.421 e. The molecule has 5 rings (SSSR count). The van der Waals surface area contributed by atoms with Gasteiger partial charge in [-0.05, 0) is 25.2 Å². The zero-order valence-corrected chi connectivity index (χ0v) is 24.0. The first-order chi connectivity index (χ1) is 20.6. The Labute approximate surface area is 247 Å². The molecule has 13 heteroatoms. The van der Waals surface area contributed by atoms with E-state index >= 15 is 0 Å². The van der Waals surface area contributed by atoms with E-state index in [0.29, 0.717) is 24.5 Å². The summed E-state index contributed by atoms with van der Waals surface area (Å²) in [5.41, 5.74) is 0.567. The van der Waals surface area contributed by atoms with Crippen LogP contribution in [0.25, 0.3) is 0 Å². The number of piperazine rings is 1. The van der Waals surface area contributed by atoms with Crippen LogP contribution in [-0.2, 0) is 22.1 Å². The number of carbonyl (C=O) groups is 2. The largest absolute Gasteiger partial charge is 0.496 e. The first kappa shape index (κ1) is 30.2. The molecule has 3 heterocycles. The van der Waals surface area contributed by atoms with Gasteiger partial charge in [-0.25, -0.2) is 9.97 Å². The molecular weight excluding hydrogens is 565 g/mol. The number of ketones is 1. The van der Waals surface area contributed by atoms with E-state index in [1.165, 1.54) is 17.0 Å². The molecule has 0 radical (unpaired) electrons. The lowest BCUT2D eigenvalue weighted by molar-refractivity contribution is -0.137. The number of likely N-dealkylation sites (N-methyl/N-ethyl adjacent to an activating group) is 1. The fourth-order valence-corrected chi connectivity index (χ4v) is 5.06. The van der Waals surface area contributed by atoms with Crippen molar-refractivity contribution >= 4 is 28.9 Å². The van der Waals surface area contributed by atoms with Gasteiger partial charge in [0.1, 0.15) is 23.0 Å². The Morgan fingerprint density at radius 2 is 1.74 bits per heavy atom. The van der Waals surface area contributed by atoms with Gasteiger partial charge in [0.2, 0.25) is 0 Å². The molecular formula is C30H33F3N6O4. The molecule has 2 saturated heterocycles. The quantitative estimate of drug-likeness (QED) is 0.308. The van der Waals surface area contributed by atoms with Crippen molar-refractivity contribution in [1.29, 1.82) is 0 Å². The highest BCUT2D eigenvalue weighted by Gasteiger charge is 2.36. The van der Waals surface area contributed by atoms with Gasteiger partial charge in [0.25, 0.3) is 11.7 Å². The lowest BCUT2D eigenvalue weighted by Gasteiger charge is -2.34. The zero-order valence-electron chi connectivity index (χ0n) is 24.0. The molecule has 2 fully saturated rings. The van der Waals surface area contributed by atoms with E-state index in [0.717, 1.165) is 38.1 Å². The van der Waals surface area contributed by atoms with Gasteiger partial charge in [-0.3, -0.25) is 9.59 Å². The maximum absolute atomic E-state index is 14.0. The molecule has 0 saturated carbocycles. The Bertz CT molecular complexity index is 1470. The number of Topliss-reactive ketones (excluding diaryl/α,β-unsaturated/α-hetero) is 1. The highest BCUT2D eigenvalue weighted by Crippen LogP contribution is 2.36. The predicted octanol–water partition coefficient (Wildman–Crippen LogP) is 3.63. The van der Waals surface area contributed by atoms with Crippen molar-refractivity contribution < 1.29 is 32.2 Å². The number of para-hydroxylation sites is 1. The molecule has 2 aromatic carbocycles. The normalized spacial score (nSPS) is 16.2. The molecule has 10 nitrogen and oxygen atoms in total. The van der Waals surface area contributed by atoms with Gasteiger partial charge >= 0.3 is 6.18 Å². The van der Waals surface area contributed by atoms with Gasteiger partial charge < -0.3 is 29.5 Å². The summed E-state index contributed by atoms with van der Waals surface area (Å²) in [6.45, 7) is 4.75. The van der Waals surface area contributed by atoms with Crippen molar-refractivity contribution in [3.05, 3.63) is 71.2 Å². The molecule has 3 aromatic rings. The van der Waals surface area contributed by atoms with Crippen LogP contribution in [0.5, 0.6) is 5.75 Å². The van der Waals surface area contributed by atoms with Crippen LogP contribution in [0.2, 0.25) is 0 Å². The molecule has 0 unspecified atom stereocenters. The van der Waals surface area contributed by atoms with E-state index in [9.17, 15) is 22.8 Å². The maximum Gasteiger partial charge on any atom is 0.421 e. The number of nitrogens with zero attached hydrogens (tertiary/aromatic N) is 5. The molecule has 2 aliphatic rings. The number of morpholine rings is 1. The average molecular weight is 599 g/mol. The number of methoxy groups -OCH3 is 1. The van der Waals surface area contributed by atoms with Crippen LogP contribution >= 0.6 is 0 Å². The predicted molar refractivity (Wildman–Crippen MR) is 154 cm³/mol. The van der Waals surface area contributed by atoms with E-state index < -0.39 is 29.2 Å². The van der Waals surface area contributed by atoms with Gasteiger partial charge in [0, 0.05) is 69.2 Å². The number of nitrogens with one attached hydrogen (secondary N) is 1. The third kappa shape index (κ3) is 7.05. The Morgan fingerprint density at radius 3 is 2.44 bits per heavy atom. The summed E-state index contributed by atoms with van der Waals surface area (Å²) >= 11 is 0. The third-order valence-corrected chi connectivity index (χ3v) is 7.55. The second kappa shape index (κ2) is 13.0. The SMILES string of the molecule is COc1cc(N2CCN(C)CC2)ccc1Cc1ncc(C(F)(F)F)c(Nc2ccccc2C(=O)C(=O)N2CCOCC2)n1. The molecule has 1 amide bonds. The second-order valence-electron chi connectivity index (χ2n) is 10.4. The summed E-state index contributed by atoms with van der Waals surface area (Å²) in [4.78, 5) is 40.1. The molecule has 43 heavy (non-hydrogen) atoms. The minimum atomic E-state index is -4.77. The average Bonchev–Trinajstić information content (AvgIpc) is 3.01. The number of carbonyl (C=O) groups excluding carboxylic acids is 2. The molecule has 0 bridgehead atoms. The van der Waals surface area contributed by atoms with E-state index in [-0.39, 0.29) is 36.6 Å². The van der Waals surface area contributed by atoms with Gasteiger partial charge in [-0.1, -0.05) is 18.2 Å². The number of amides is 1. The lowest BCUT2D eigenvalue weighted by atomic mass is 10.1. The summed E-state index contributed by atoms with van der Waals surface area (Å²) in [6, 6.07) is 11.7. The molecule has 0 atom stereocenters. The van der Waals surface area contributed by atoms with Gasteiger partial charge in [-0.15, -0.1) is 0 Å². The Kier molecular flexibility index (Phi) is 9.11. The number of aromatic nitrogens is 2. The lowest BCUT2D eigenvalue weighted by Crippen LogP contribution is -2.44. The van der Waals surface area contributed by atoms with E-state index in [2.05, 4.69) is 32.1 Å². The van der Waals surface area contributed by atoms with Crippen LogP contribution in [-0.4, -0.2) is 98.1 Å². The number of halogens is 3. The number of anilines is 3. The Balaban J connectivity index is 1.41. The summed E-state index contributed by atoms with van der Waals surface area (Å²) in [5.74, 6) is -1.41. The van der Waals surface area contributed by atoms with Crippen molar-refractivity contribution in [3.63, 3.8) is 0 Å². The number of rotatable bonds is 8. The van der Waals surface area contributed by atoms with Crippen molar-refractivity contribution in [2.24, 2.45) is 0 Å². The fraction of sp³-hybridized carbons (Fsp3) is 0.400. The van der Waals surface area contributed by atoms with Crippen LogP contribution in [0.1, 0.15) is 27.3 Å². The van der Waals surface area contributed by atoms with E-state index in [1.807, 2.05) is 18.2 Å². The highest BCUT2D eigenvalue weighted by atomic mass is 19.4. The monoisotopic (exact) mass is 598 g/mol. The van der Waals surface area contributed by atoms with Crippen molar-refractivity contribution in [1.82, 2.24) is 19.8 Å². The summed E-state index contributed by atoms with van der Waals surface area (Å²) in [5, 5.41) is 2.67. The molecule has 0 spiro atoms. The third-order valence-electron chi connectivity index (χ3n) is 7.55. The topological polar surface area (TPSA) is 100 Å². The van der Waals surface area contributed by atoms with E-state index in [4.69, 9.17) is 9.47 Å². The van der Waals surface area contributed by atoms with Gasteiger partial charge in [0.15, 0.2) is 0 Å². The summed E-state index contributed by atoms with van der Waals surface area (Å²) in [6.07, 6.45) is -3.94. The Morgan fingerprint density at radius 1 is 1.02 bits per heavy atom. The van der Waals surface area contributed by atoms with Crippen LogP contribution < -0.4 is 15.0 Å². The minimum absolute atomic E-state index is 0.0263. The van der Waals surface area contributed by atoms with Crippen molar-refractivity contribution in [2.45, 2.75) is 12.6 Å². The summed E-state index contributed by atoms with van der Waals surface area (Å²) in [7, 11) is 3.62. The van der Waals surface area contributed by atoms with Crippen LogP contribution in [0.3, 0.4) is 0 Å². The van der Waals surface area contributed by atoms with Crippen LogP contribution in [0.15, 0.2) is 48.7 Å². The highest BCUT2D eigenvalue weighted by molar-refractivity contribution is 6.43. The number of hydrogen-bond acceptors (Lipinski definition) is 9. The van der Waals surface area contributed by atoms with Gasteiger partial charge in [-0.2, -0.15) is 13.2 Å². The first-order valence-electron chi connectivity index (χ1n) is 13.9. The molecule has 1 aromatic heterocycles. The first-order valence-corrected chi connectivity index (χ1v) is 13.9. The fourth-order valence-electron chi connectivity index (χ4n) is 5.06. The Hall–Kier alpha value is -4.23. The maximum atomic E-state index is 14.0. The zero-order chi connectivity index (χ0) is 30.6. The number of alkyl halides is 3. The van der Waals surface area contributed by atoms with E-state index in [1.54, 1.807) is 19.2 Å². The summed E-state index contributed by atoms with van der Waals surface area (Å²) < 4.78 is 52.9. The van der Waals surface area contributed by atoms with Gasteiger partial charge in [0.05, 0.1) is 31.6 Å².